The molecule has 10 heteroatoms. The predicted molar refractivity (Wildman–Crippen MR) is 112 cm³/mol. The Bertz CT molecular complexity index is 1150. The smallest absolute Gasteiger partial charge is 0.261 e. The quantitative estimate of drug-likeness (QED) is 0.702. The largest absolute Gasteiger partial charge is 0.341 e. The Kier molecular flexibility index (Phi) is 5.40. The van der Waals surface area contributed by atoms with E-state index in [-0.39, 0.29) is 10.8 Å². The number of thioether (sulfide) groups is 1. The minimum absolute atomic E-state index is 0.0178. The van der Waals surface area contributed by atoms with E-state index < -0.39 is 21.2 Å². The Hall–Kier alpha value is -3.03. The highest BCUT2D eigenvalue weighted by atomic mass is 32.2. The molecule has 2 aliphatic rings. The van der Waals surface area contributed by atoms with Crippen LogP contribution in [0.25, 0.3) is 0 Å². The van der Waals surface area contributed by atoms with Crippen molar-refractivity contribution in [3.05, 3.63) is 48.0 Å². The van der Waals surface area contributed by atoms with E-state index in [1.807, 2.05) is 6.07 Å². The monoisotopic (exact) mass is 442 g/mol. The van der Waals surface area contributed by atoms with Gasteiger partial charge in [-0.1, -0.05) is 0 Å². The van der Waals surface area contributed by atoms with Crippen molar-refractivity contribution in [1.82, 2.24) is 4.90 Å². The molecule has 1 saturated heterocycles. The normalized spacial score (nSPS) is 18.3. The molecule has 0 saturated carbocycles. The number of carbonyl (C=O) groups excluding carboxylic acids is 2. The van der Waals surface area contributed by atoms with Gasteiger partial charge in [-0.2, -0.15) is 5.26 Å². The molecule has 2 heterocycles. The van der Waals surface area contributed by atoms with Crippen molar-refractivity contribution in [2.45, 2.75) is 27.9 Å². The van der Waals surface area contributed by atoms with Gasteiger partial charge in [0, 0.05) is 23.7 Å². The summed E-state index contributed by atoms with van der Waals surface area (Å²) in [5, 5.41) is 10.6. The first kappa shape index (κ1) is 20.3. The number of amides is 2. The summed E-state index contributed by atoms with van der Waals surface area (Å²) in [6.45, 7) is 1.32. The summed E-state index contributed by atoms with van der Waals surface area (Å²) >= 11 is 1.14. The van der Waals surface area contributed by atoms with E-state index in [2.05, 4.69) is 10.0 Å². The lowest BCUT2D eigenvalue weighted by molar-refractivity contribution is -0.133. The van der Waals surface area contributed by atoms with E-state index in [9.17, 15) is 18.0 Å². The Morgan fingerprint density at radius 1 is 1.17 bits per heavy atom. The molecule has 30 heavy (non-hydrogen) atoms. The van der Waals surface area contributed by atoms with Crippen LogP contribution < -0.4 is 10.0 Å². The average molecular weight is 443 g/mol. The summed E-state index contributed by atoms with van der Waals surface area (Å²) in [5.41, 5.74) is 1.10. The van der Waals surface area contributed by atoms with Gasteiger partial charge >= 0.3 is 0 Å². The third kappa shape index (κ3) is 3.99. The van der Waals surface area contributed by atoms with E-state index in [0.29, 0.717) is 34.9 Å². The molecule has 0 bridgehead atoms. The molecule has 0 radical (unpaired) electrons. The number of nitrogens with zero attached hydrogens (tertiary/aromatic N) is 2. The van der Waals surface area contributed by atoms with E-state index in [4.69, 9.17) is 5.26 Å². The minimum Gasteiger partial charge on any atom is -0.341 e. The Morgan fingerprint density at radius 3 is 2.53 bits per heavy atom. The summed E-state index contributed by atoms with van der Waals surface area (Å²) in [5.74, 6) is -0.654. The third-order valence-electron chi connectivity index (χ3n) is 4.91. The number of nitriles is 1. The summed E-state index contributed by atoms with van der Waals surface area (Å²) in [4.78, 5) is 27.4. The molecule has 0 aliphatic carbocycles. The van der Waals surface area contributed by atoms with Gasteiger partial charge in [0.2, 0.25) is 11.8 Å². The fourth-order valence-corrected chi connectivity index (χ4v) is 5.49. The van der Waals surface area contributed by atoms with Crippen molar-refractivity contribution in [3.8, 4) is 6.07 Å². The molecular formula is C20H18N4O4S2. The van der Waals surface area contributed by atoms with Crippen molar-refractivity contribution in [3.63, 3.8) is 0 Å². The van der Waals surface area contributed by atoms with E-state index in [0.717, 1.165) is 24.6 Å². The maximum absolute atomic E-state index is 12.7. The standard InChI is InChI=1S/C20H18N4O4S2/c21-12-13-3-5-14(6-4-13)23-30(27,28)15-7-8-17-16(11-15)22-19(25)18(29-17)20(26)24-9-1-2-10-24/h3-8,11,18,23H,1-2,9-10H2,(H,22,25)/t18-/m0/s1. The zero-order valence-electron chi connectivity index (χ0n) is 15.8. The van der Waals surface area contributed by atoms with Crippen LogP contribution in [0.15, 0.2) is 52.3 Å². The molecule has 4 rings (SSSR count). The fourth-order valence-electron chi connectivity index (χ4n) is 3.35. The lowest BCUT2D eigenvalue weighted by atomic mass is 10.2. The molecule has 0 aromatic heterocycles. The van der Waals surface area contributed by atoms with Gasteiger partial charge in [0.25, 0.3) is 10.0 Å². The Morgan fingerprint density at radius 2 is 1.87 bits per heavy atom. The number of rotatable bonds is 4. The van der Waals surface area contributed by atoms with Crippen LogP contribution >= 0.6 is 11.8 Å². The molecule has 2 amide bonds. The second-order valence-corrected chi connectivity index (χ2v) is 9.80. The Labute approximate surface area is 178 Å². The van der Waals surface area contributed by atoms with Crippen LogP contribution in [0.2, 0.25) is 0 Å². The highest BCUT2D eigenvalue weighted by molar-refractivity contribution is 8.01. The highest BCUT2D eigenvalue weighted by Crippen LogP contribution is 2.38. The number of fused-ring (bicyclic) bond motifs is 1. The molecule has 2 aromatic rings. The van der Waals surface area contributed by atoms with Gasteiger partial charge in [-0.15, -0.1) is 11.8 Å². The third-order valence-corrected chi connectivity index (χ3v) is 7.55. The van der Waals surface area contributed by atoms with Crippen LogP contribution in [-0.2, 0) is 19.6 Å². The Balaban J connectivity index is 1.54. The number of hydrogen-bond acceptors (Lipinski definition) is 6. The first-order valence-corrected chi connectivity index (χ1v) is 11.7. The maximum Gasteiger partial charge on any atom is 0.261 e. The summed E-state index contributed by atoms with van der Waals surface area (Å²) in [7, 11) is -3.90. The molecule has 2 aliphatic heterocycles. The zero-order chi connectivity index (χ0) is 21.3. The number of sulfonamides is 1. The first-order chi connectivity index (χ1) is 14.4. The van der Waals surface area contributed by atoms with Gasteiger partial charge < -0.3 is 10.2 Å². The second kappa shape index (κ2) is 8.01. The van der Waals surface area contributed by atoms with Gasteiger partial charge in [-0.05, 0) is 55.3 Å². The van der Waals surface area contributed by atoms with Gasteiger partial charge in [0.05, 0.1) is 22.2 Å². The zero-order valence-corrected chi connectivity index (χ0v) is 17.4. The lowest BCUT2D eigenvalue weighted by Crippen LogP contribution is -2.43. The topological polar surface area (TPSA) is 119 Å². The van der Waals surface area contributed by atoms with Crippen molar-refractivity contribution >= 4 is 45.0 Å². The summed E-state index contributed by atoms with van der Waals surface area (Å²) in [6, 6.07) is 12.4. The number of carbonyl (C=O) groups is 2. The maximum atomic E-state index is 12.7. The van der Waals surface area contributed by atoms with Crippen molar-refractivity contribution in [2.75, 3.05) is 23.1 Å². The van der Waals surface area contributed by atoms with Crippen molar-refractivity contribution < 1.29 is 18.0 Å². The number of likely N-dealkylation sites (tertiary alicyclic amines) is 1. The molecule has 2 aromatic carbocycles. The molecule has 8 nitrogen and oxygen atoms in total. The second-order valence-electron chi connectivity index (χ2n) is 6.97. The van der Waals surface area contributed by atoms with Gasteiger partial charge in [-0.3, -0.25) is 14.3 Å². The molecule has 0 unspecified atom stereocenters. The van der Waals surface area contributed by atoms with E-state index in [1.165, 1.54) is 36.4 Å². The van der Waals surface area contributed by atoms with Gasteiger partial charge in [-0.25, -0.2) is 8.42 Å². The van der Waals surface area contributed by atoms with E-state index >= 15 is 0 Å². The van der Waals surface area contributed by atoms with Crippen LogP contribution in [0, 0.1) is 11.3 Å². The number of hydrogen-bond donors (Lipinski definition) is 2. The van der Waals surface area contributed by atoms with Gasteiger partial charge in [0.15, 0.2) is 5.25 Å². The van der Waals surface area contributed by atoms with Crippen LogP contribution in [-0.4, -0.2) is 43.5 Å². The summed E-state index contributed by atoms with van der Waals surface area (Å²) < 4.78 is 27.9. The lowest BCUT2D eigenvalue weighted by Gasteiger charge is -2.27. The summed E-state index contributed by atoms with van der Waals surface area (Å²) in [6.07, 6.45) is 1.88. The predicted octanol–water partition coefficient (Wildman–Crippen LogP) is 2.39. The molecular weight excluding hydrogens is 424 g/mol. The van der Waals surface area contributed by atoms with Gasteiger partial charge in [0.1, 0.15) is 0 Å². The van der Waals surface area contributed by atoms with Crippen LogP contribution in [0.3, 0.4) is 0 Å². The molecule has 1 fully saturated rings. The minimum atomic E-state index is -3.90. The number of anilines is 2. The van der Waals surface area contributed by atoms with Crippen molar-refractivity contribution in [1.29, 1.82) is 5.26 Å². The molecule has 2 N–H and O–H groups in total. The van der Waals surface area contributed by atoms with Crippen LogP contribution in [0.5, 0.6) is 0 Å². The number of nitrogens with one attached hydrogen (secondary N) is 2. The molecule has 0 spiro atoms. The number of benzene rings is 2. The first-order valence-electron chi connectivity index (χ1n) is 9.31. The fraction of sp³-hybridized carbons (Fsp3) is 0.250. The highest BCUT2D eigenvalue weighted by Gasteiger charge is 2.37. The van der Waals surface area contributed by atoms with Crippen LogP contribution in [0.4, 0.5) is 11.4 Å². The average Bonchev–Trinajstić information content (AvgIpc) is 3.27. The SMILES string of the molecule is N#Cc1ccc(NS(=O)(=O)c2ccc3c(c2)NC(=O)[C@@H](C(=O)N2CCCC2)S3)cc1. The van der Waals surface area contributed by atoms with Crippen molar-refractivity contribution in [2.24, 2.45) is 0 Å². The molecule has 154 valence electrons. The van der Waals surface area contributed by atoms with E-state index in [1.54, 1.807) is 11.0 Å². The van der Waals surface area contributed by atoms with Crippen LogP contribution in [0.1, 0.15) is 18.4 Å². The molecule has 1 atom stereocenters.